The maximum absolute atomic E-state index is 4.59. The van der Waals surface area contributed by atoms with E-state index in [1.54, 1.807) is 23.1 Å². The van der Waals surface area contributed by atoms with Gasteiger partial charge in [-0.3, -0.25) is 4.58 Å². The number of aliphatic imine (C=N–C) groups is 1. The molecule has 2 fully saturated rings. The van der Waals surface area contributed by atoms with Crippen LogP contribution in [0.2, 0.25) is 0 Å². The van der Waals surface area contributed by atoms with E-state index in [2.05, 4.69) is 37.7 Å². The summed E-state index contributed by atoms with van der Waals surface area (Å²) in [5.41, 5.74) is 0. The summed E-state index contributed by atoms with van der Waals surface area (Å²) in [7, 11) is 0. The van der Waals surface area contributed by atoms with Gasteiger partial charge in [0.05, 0.1) is 18.0 Å². The molecule has 6 heteroatoms. The van der Waals surface area contributed by atoms with Crippen LogP contribution in [0.25, 0.3) is 6.08 Å². The molecule has 2 saturated heterocycles. The van der Waals surface area contributed by atoms with Gasteiger partial charge in [0.1, 0.15) is 0 Å². The molecule has 4 nitrogen and oxygen atoms in total. The molecule has 0 atom stereocenters. The van der Waals surface area contributed by atoms with Crippen LogP contribution in [0, 0.1) is 0 Å². The zero-order valence-electron chi connectivity index (χ0n) is 14.6. The molecular formula is C19H25N4S2+. The number of aromatic nitrogens is 1. The average molecular weight is 374 g/mol. The number of allylic oxidation sites excluding steroid dienone is 3. The van der Waals surface area contributed by atoms with Crippen LogP contribution in [0.5, 0.6) is 0 Å². The van der Waals surface area contributed by atoms with E-state index in [4.69, 9.17) is 0 Å². The summed E-state index contributed by atoms with van der Waals surface area (Å²) in [5, 5.41) is 2.34. The van der Waals surface area contributed by atoms with Crippen molar-refractivity contribution in [1.29, 1.82) is 0 Å². The smallest absolute Gasteiger partial charge is 0.348 e. The van der Waals surface area contributed by atoms with Crippen molar-refractivity contribution >= 4 is 45.7 Å². The van der Waals surface area contributed by atoms with E-state index in [9.17, 15) is 0 Å². The van der Waals surface area contributed by atoms with Crippen molar-refractivity contribution in [1.82, 2.24) is 4.98 Å². The standard InChI is InChI=1S/C19H25N4S2/c1-3-10-22(11-4-1)18-20-14-16(24-18)8-7-9-17-15-21-19(25-17)23-12-5-2-6-13-23/h7-9,14-15H,1-6,10-13H2/q+1. The monoisotopic (exact) mass is 373 g/mol. The lowest BCUT2D eigenvalue weighted by atomic mass is 10.1. The number of hydrogen-bond acceptors (Lipinski definition) is 4. The molecular weight excluding hydrogens is 348 g/mol. The fraction of sp³-hybridized carbons (Fsp3) is 0.526. The van der Waals surface area contributed by atoms with Gasteiger partial charge in [-0.05, 0) is 55.7 Å². The number of piperidine rings is 2. The lowest BCUT2D eigenvalue weighted by molar-refractivity contribution is -0.535. The number of hydrogen-bond donors (Lipinski definition) is 0. The Morgan fingerprint density at radius 2 is 1.84 bits per heavy atom. The van der Waals surface area contributed by atoms with E-state index >= 15 is 0 Å². The Morgan fingerprint density at radius 1 is 1.04 bits per heavy atom. The van der Waals surface area contributed by atoms with E-state index in [1.807, 2.05) is 12.4 Å². The summed E-state index contributed by atoms with van der Waals surface area (Å²) in [5.74, 6) is 0. The van der Waals surface area contributed by atoms with Gasteiger partial charge >= 0.3 is 5.17 Å². The van der Waals surface area contributed by atoms with Crippen LogP contribution in [0.1, 0.15) is 43.4 Å². The van der Waals surface area contributed by atoms with Gasteiger partial charge in [0.25, 0.3) is 0 Å². The normalized spacial score (nSPS) is 23.4. The van der Waals surface area contributed by atoms with E-state index in [-0.39, 0.29) is 0 Å². The molecule has 0 N–H and O–H groups in total. The molecule has 1 aromatic heterocycles. The Kier molecular flexibility index (Phi) is 5.67. The average Bonchev–Trinajstić information content (AvgIpc) is 3.33. The van der Waals surface area contributed by atoms with Crippen LogP contribution in [-0.2, 0) is 0 Å². The van der Waals surface area contributed by atoms with Gasteiger partial charge < -0.3 is 4.90 Å². The number of anilines is 1. The van der Waals surface area contributed by atoms with Gasteiger partial charge in [-0.1, -0.05) is 17.4 Å². The summed E-state index contributed by atoms with van der Waals surface area (Å²) in [6.07, 6.45) is 18.3. The van der Waals surface area contributed by atoms with E-state index in [0.717, 1.165) is 26.2 Å². The van der Waals surface area contributed by atoms with E-state index in [1.165, 1.54) is 58.6 Å². The number of thioether (sulfide) groups is 1. The first kappa shape index (κ1) is 17.0. The Hall–Kier alpha value is -1.40. The molecule has 0 saturated carbocycles. The van der Waals surface area contributed by atoms with Crippen LogP contribution in [0.4, 0.5) is 5.13 Å². The Morgan fingerprint density at radius 3 is 2.68 bits per heavy atom. The van der Waals surface area contributed by atoms with Gasteiger partial charge in [-0.15, -0.1) is 0 Å². The number of amidine groups is 1. The summed E-state index contributed by atoms with van der Waals surface area (Å²) in [6.45, 7) is 4.62. The molecule has 4 heterocycles. The summed E-state index contributed by atoms with van der Waals surface area (Å²) in [6, 6.07) is 0. The van der Waals surface area contributed by atoms with E-state index in [0.29, 0.717) is 0 Å². The molecule has 0 aromatic carbocycles. The zero-order chi connectivity index (χ0) is 16.9. The molecule has 1 aromatic rings. The summed E-state index contributed by atoms with van der Waals surface area (Å²) < 4.78 is 2.42. The second-order valence-electron chi connectivity index (χ2n) is 6.71. The topological polar surface area (TPSA) is 31.5 Å². The molecule has 0 bridgehead atoms. The lowest BCUT2D eigenvalue weighted by Gasteiger charge is -2.25. The highest BCUT2D eigenvalue weighted by Crippen LogP contribution is 2.27. The van der Waals surface area contributed by atoms with Gasteiger partial charge in [-0.25, -0.2) is 4.98 Å². The third-order valence-electron chi connectivity index (χ3n) is 4.80. The fourth-order valence-electron chi connectivity index (χ4n) is 3.41. The predicted molar refractivity (Wildman–Crippen MR) is 110 cm³/mol. The third kappa shape index (κ3) is 4.42. The van der Waals surface area contributed by atoms with Crippen molar-refractivity contribution in [2.45, 2.75) is 38.5 Å². The van der Waals surface area contributed by atoms with Crippen molar-refractivity contribution in [2.75, 3.05) is 31.1 Å². The Labute approximate surface area is 158 Å². The van der Waals surface area contributed by atoms with Crippen LogP contribution in [0.15, 0.2) is 28.2 Å². The van der Waals surface area contributed by atoms with E-state index < -0.39 is 0 Å². The SMILES string of the molecule is C1=NC(=[N+]2CCCCC2)S/C1=C\C=C\c1cnc(N2CCCCC2)s1. The molecule has 0 aliphatic carbocycles. The zero-order valence-corrected chi connectivity index (χ0v) is 16.2. The highest BCUT2D eigenvalue weighted by Gasteiger charge is 2.23. The molecule has 0 amide bonds. The minimum Gasteiger partial charge on any atom is -0.348 e. The number of nitrogens with zero attached hydrogens (tertiary/aromatic N) is 4. The summed E-state index contributed by atoms with van der Waals surface area (Å²) >= 11 is 3.58. The molecule has 3 aliphatic rings. The quantitative estimate of drug-likeness (QED) is 0.736. The second kappa shape index (κ2) is 8.32. The van der Waals surface area contributed by atoms with Crippen molar-refractivity contribution in [3.05, 3.63) is 28.1 Å². The van der Waals surface area contributed by atoms with Crippen LogP contribution >= 0.6 is 23.1 Å². The molecule has 3 aliphatic heterocycles. The third-order valence-corrected chi connectivity index (χ3v) is 6.84. The highest BCUT2D eigenvalue weighted by atomic mass is 32.2. The molecule has 132 valence electrons. The summed E-state index contributed by atoms with van der Waals surface area (Å²) in [4.78, 5) is 14.0. The van der Waals surface area contributed by atoms with Crippen LogP contribution in [-0.4, -0.2) is 47.1 Å². The van der Waals surface area contributed by atoms with Gasteiger partial charge in [0.2, 0.25) is 0 Å². The number of rotatable bonds is 3. The van der Waals surface area contributed by atoms with Crippen molar-refractivity contribution in [3.8, 4) is 0 Å². The second-order valence-corrected chi connectivity index (χ2v) is 8.79. The van der Waals surface area contributed by atoms with Crippen molar-refractivity contribution in [3.63, 3.8) is 0 Å². The largest absolute Gasteiger partial charge is 0.359 e. The molecule has 25 heavy (non-hydrogen) atoms. The molecule has 4 rings (SSSR count). The van der Waals surface area contributed by atoms with Crippen molar-refractivity contribution in [2.24, 2.45) is 4.99 Å². The molecule has 0 spiro atoms. The molecule has 0 unspecified atom stereocenters. The minimum atomic E-state index is 1.16. The van der Waals surface area contributed by atoms with Crippen LogP contribution < -0.4 is 4.90 Å². The van der Waals surface area contributed by atoms with Gasteiger partial charge in [0.15, 0.2) is 11.3 Å². The maximum atomic E-state index is 4.59. The first-order valence-corrected chi connectivity index (χ1v) is 10.9. The van der Waals surface area contributed by atoms with Gasteiger partial charge in [-0.2, -0.15) is 0 Å². The fourth-order valence-corrected chi connectivity index (χ4v) is 5.17. The first-order chi connectivity index (χ1) is 12.4. The number of thiazole rings is 1. The predicted octanol–water partition coefficient (Wildman–Crippen LogP) is 4.40. The minimum absolute atomic E-state index is 1.16. The maximum Gasteiger partial charge on any atom is 0.359 e. The Balaban J connectivity index is 1.36. The van der Waals surface area contributed by atoms with Crippen LogP contribution in [0.3, 0.4) is 0 Å². The first-order valence-electron chi connectivity index (χ1n) is 9.31. The van der Waals surface area contributed by atoms with Crippen molar-refractivity contribution < 1.29 is 4.58 Å². The Bertz CT molecular complexity index is 716. The highest BCUT2D eigenvalue weighted by molar-refractivity contribution is 8.18. The van der Waals surface area contributed by atoms with Gasteiger partial charge in [0, 0.05) is 35.9 Å². The molecule has 0 radical (unpaired) electrons. The lowest BCUT2D eigenvalue weighted by Crippen LogP contribution is -2.29.